The molecular formula is C25H22N6O2. The Morgan fingerprint density at radius 3 is 2.73 bits per heavy atom. The number of para-hydroxylation sites is 2. The van der Waals surface area contributed by atoms with Crippen LogP contribution < -0.4 is 10.9 Å². The van der Waals surface area contributed by atoms with E-state index >= 15 is 0 Å². The lowest BCUT2D eigenvalue weighted by Crippen LogP contribution is -2.32. The molecule has 33 heavy (non-hydrogen) atoms. The number of nitrogens with zero attached hydrogens (tertiary/aromatic N) is 5. The predicted octanol–water partition coefficient (Wildman–Crippen LogP) is 2.59. The first-order chi connectivity index (χ1) is 16.2. The van der Waals surface area contributed by atoms with Gasteiger partial charge in [-0.1, -0.05) is 30.3 Å². The molecule has 0 spiro atoms. The van der Waals surface area contributed by atoms with E-state index < -0.39 is 0 Å². The predicted molar refractivity (Wildman–Crippen MR) is 126 cm³/mol. The minimum Gasteiger partial charge on any atom is -0.353 e. The molecule has 0 bridgehead atoms. The second kappa shape index (κ2) is 7.74. The Morgan fingerprint density at radius 1 is 1.06 bits per heavy atom. The highest BCUT2D eigenvalue weighted by Crippen LogP contribution is 2.36. The maximum Gasteiger partial charge on any atom is 0.261 e. The molecule has 6 rings (SSSR count). The summed E-state index contributed by atoms with van der Waals surface area (Å²) < 4.78 is 5.67. The van der Waals surface area contributed by atoms with E-state index in [2.05, 4.69) is 16.4 Å². The number of fused-ring (bicyclic) bond motifs is 6. The largest absolute Gasteiger partial charge is 0.353 e. The lowest BCUT2D eigenvalue weighted by Gasteiger charge is -2.21. The summed E-state index contributed by atoms with van der Waals surface area (Å²) in [6.07, 6.45) is 6.04. The summed E-state index contributed by atoms with van der Waals surface area (Å²) >= 11 is 0. The van der Waals surface area contributed by atoms with Crippen molar-refractivity contribution in [3.8, 4) is 11.5 Å². The number of carbonyl (C=O) groups excluding carboxylic acids is 1. The summed E-state index contributed by atoms with van der Waals surface area (Å²) in [5, 5.41) is 4.72. The first kappa shape index (κ1) is 19.5. The van der Waals surface area contributed by atoms with E-state index in [9.17, 15) is 9.59 Å². The molecule has 0 unspecified atom stereocenters. The minimum absolute atomic E-state index is 0.0390. The Labute approximate surface area is 189 Å². The van der Waals surface area contributed by atoms with Crippen LogP contribution in [0, 0.1) is 0 Å². The van der Waals surface area contributed by atoms with Gasteiger partial charge in [0.15, 0.2) is 5.82 Å². The lowest BCUT2D eigenvalue weighted by molar-refractivity contribution is -0.121. The standard InChI is InChI=1S/C25H22N6O2/c32-22(27-11-14-29-13-10-26-16-29)15-31-21-8-4-2-5-17(21)18-9-12-30-24(23(18)31)28-20-7-3-1-6-19(20)25(30)33/h1-8,10,13,16H,9,11-12,14-15H2,(H,27,32). The molecule has 0 atom stereocenters. The maximum atomic E-state index is 13.2. The lowest BCUT2D eigenvalue weighted by atomic mass is 10.0. The molecule has 0 aliphatic carbocycles. The first-order valence-corrected chi connectivity index (χ1v) is 11.0. The van der Waals surface area contributed by atoms with Crippen LogP contribution in [-0.4, -0.2) is 36.1 Å². The second-order valence-corrected chi connectivity index (χ2v) is 8.24. The van der Waals surface area contributed by atoms with E-state index in [0.29, 0.717) is 36.4 Å². The van der Waals surface area contributed by atoms with Crippen LogP contribution in [0.15, 0.2) is 72.0 Å². The normalized spacial score (nSPS) is 12.6. The number of amides is 1. The summed E-state index contributed by atoms with van der Waals surface area (Å²) in [6.45, 7) is 1.89. The minimum atomic E-state index is -0.0843. The van der Waals surface area contributed by atoms with Crippen molar-refractivity contribution in [3.63, 3.8) is 0 Å². The molecule has 0 fully saturated rings. The summed E-state index contributed by atoms with van der Waals surface area (Å²) in [6, 6.07) is 15.5. The van der Waals surface area contributed by atoms with Crippen molar-refractivity contribution in [2.24, 2.45) is 0 Å². The third-order valence-electron chi connectivity index (χ3n) is 6.29. The average molecular weight is 438 g/mol. The number of aryl methyl sites for hydroxylation is 1. The van der Waals surface area contributed by atoms with Gasteiger partial charge < -0.3 is 14.5 Å². The SMILES string of the molecule is O=C(Cn1c2c(c3ccccc31)CCn1c-2nc2ccccc2c1=O)NCCn1ccnc1. The van der Waals surface area contributed by atoms with Crippen LogP contribution in [0.25, 0.3) is 33.3 Å². The number of imidazole rings is 1. The molecule has 2 aromatic carbocycles. The summed E-state index contributed by atoms with van der Waals surface area (Å²) in [5.74, 6) is 0.543. The fourth-order valence-corrected chi connectivity index (χ4v) is 4.77. The molecule has 3 aromatic heterocycles. The molecule has 1 aliphatic heterocycles. The Bertz CT molecular complexity index is 1560. The van der Waals surface area contributed by atoms with Crippen LogP contribution >= 0.6 is 0 Å². The molecule has 1 N–H and O–H groups in total. The van der Waals surface area contributed by atoms with Gasteiger partial charge in [-0.2, -0.15) is 0 Å². The summed E-state index contributed by atoms with van der Waals surface area (Å²) in [7, 11) is 0. The van der Waals surface area contributed by atoms with Crippen LogP contribution in [-0.2, 0) is 30.8 Å². The van der Waals surface area contributed by atoms with E-state index in [1.54, 1.807) is 17.1 Å². The van der Waals surface area contributed by atoms with Crippen LogP contribution in [0.3, 0.4) is 0 Å². The number of benzene rings is 2. The number of hydrogen-bond acceptors (Lipinski definition) is 4. The molecule has 8 nitrogen and oxygen atoms in total. The Hall–Kier alpha value is -4.20. The highest BCUT2D eigenvalue weighted by Gasteiger charge is 2.27. The molecular weight excluding hydrogens is 416 g/mol. The highest BCUT2D eigenvalue weighted by atomic mass is 16.2. The van der Waals surface area contributed by atoms with Crippen molar-refractivity contribution in [3.05, 3.63) is 83.2 Å². The van der Waals surface area contributed by atoms with Gasteiger partial charge in [-0.15, -0.1) is 0 Å². The van der Waals surface area contributed by atoms with Crippen molar-refractivity contribution in [2.45, 2.75) is 26.1 Å². The van der Waals surface area contributed by atoms with Gasteiger partial charge in [-0.3, -0.25) is 14.2 Å². The van der Waals surface area contributed by atoms with Gasteiger partial charge in [0.1, 0.15) is 6.54 Å². The monoisotopic (exact) mass is 438 g/mol. The first-order valence-electron chi connectivity index (χ1n) is 11.0. The van der Waals surface area contributed by atoms with E-state index in [-0.39, 0.29) is 18.0 Å². The number of carbonyl (C=O) groups is 1. The van der Waals surface area contributed by atoms with Crippen molar-refractivity contribution < 1.29 is 4.79 Å². The number of aromatic nitrogens is 5. The number of hydrogen-bond donors (Lipinski definition) is 1. The molecule has 0 radical (unpaired) electrons. The summed E-state index contributed by atoms with van der Waals surface area (Å²) in [4.78, 5) is 35.0. The van der Waals surface area contributed by atoms with Crippen LogP contribution in [0.2, 0.25) is 0 Å². The number of nitrogens with one attached hydrogen (secondary N) is 1. The third kappa shape index (κ3) is 3.22. The topological polar surface area (TPSA) is 86.7 Å². The number of rotatable bonds is 5. The van der Waals surface area contributed by atoms with Crippen molar-refractivity contribution in [1.82, 2.24) is 29.0 Å². The van der Waals surface area contributed by atoms with Crippen molar-refractivity contribution >= 4 is 27.7 Å². The second-order valence-electron chi connectivity index (χ2n) is 8.24. The van der Waals surface area contributed by atoms with E-state index in [1.807, 2.05) is 57.8 Å². The van der Waals surface area contributed by atoms with Gasteiger partial charge in [0, 0.05) is 42.9 Å². The molecule has 8 heteroatoms. The molecule has 4 heterocycles. The summed E-state index contributed by atoms with van der Waals surface area (Å²) in [5.41, 5.74) is 3.60. The Kier molecular flexibility index (Phi) is 4.57. The molecule has 1 aliphatic rings. The van der Waals surface area contributed by atoms with Gasteiger partial charge in [0.05, 0.1) is 22.9 Å². The molecule has 0 saturated heterocycles. The van der Waals surface area contributed by atoms with Gasteiger partial charge in [0.2, 0.25) is 5.91 Å². The van der Waals surface area contributed by atoms with Crippen LogP contribution in [0.4, 0.5) is 0 Å². The van der Waals surface area contributed by atoms with Crippen LogP contribution in [0.1, 0.15) is 5.56 Å². The van der Waals surface area contributed by atoms with Crippen LogP contribution in [0.5, 0.6) is 0 Å². The van der Waals surface area contributed by atoms with Gasteiger partial charge in [0.25, 0.3) is 5.56 Å². The fourth-order valence-electron chi connectivity index (χ4n) is 4.77. The third-order valence-corrected chi connectivity index (χ3v) is 6.29. The zero-order valence-corrected chi connectivity index (χ0v) is 17.9. The smallest absolute Gasteiger partial charge is 0.261 e. The van der Waals surface area contributed by atoms with Gasteiger partial charge >= 0.3 is 0 Å². The average Bonchev–Trinajstić information content (AvgIpc) is 3.46. The molecule has 5 aromatic rings. The molecule has 164 valence electrons. The Balaban J connectivity index is 1.43. The molecule has 0 saturated carbocycles. The fraction of sp³-hybridized carbons (Fsp3) is 0.200. The van der Waals surface area contributed by atoms with Gasteiger partial charge in [-0.05, 0) is 30.2 Å². The van der Waals surface area contributed by atoms with Crippen molar-refractivity contribution in [2.75, 3.05) is 6.54 Å². The zero-order valence-electron chi connectivity index (χ0n) is 17.9. The van der Waals surface area contributed by atoms with E-state index in [1.165, 1.54) is 0 Å². The Morgan fingerprint density at radius 2 is 1.88 bits per heavy atom. The highest BCUT2D eigenvalue weighted by molar-refractivity contribution is 5.93. The van der Waals surface area contributed by atoms with E-state index in [0.717, 1.165) is 28.6 Å². The van der Waals surface area contributed by atoms with Crippen molar-refractivity contribution in [1.29, 1.82) is 0 Å². The van der Waals surface area contributed by atoms with E-state index in [4.69, 9.17) is 4.98 Å². The quantitative estimate of drug-likeness (QED) is 0.457. The van der Waals surface area contributed by atoms with Gasteiger partial charge in [-0.25, -0.2) is 9.97 Å². The zero-order chi connectivity index (χ0) is 22.4. The molecule has 1 amide bonds. The maximum absolute atomic E-state index is 13.2.